The average molecular weight is 200 g/mol. The Morgan fingerprint density at radius 1 is 1.57 bits per heavy atom. The van der Waals surface area contributed by atoms with Crippen molar-refractivity contribution < 1.29 is 9.53 Å². The van der Waals surface area contributed by atoms with Gasteiger partial charge in [0.25, 0.3) is 0 Å². The number of ether oxygens (including phenoxy) is 1. The molecule has 0 aliphatic carbocycles. The Kier molecular flexibility index (Phi) is 4.90. The fourth-order valence-electron chi connectivity index (χ4n) is 1.74. The van der Waals surface area contributed by atoms with Crippen LogP contribution in [0.5, 0.6) is 0 Å². The standard InChI is InChI=1S/C10H20N2O2/c1-8-4-3-5-9(12-8)10(13)11-6-7-14-2/h8-9,12H,3-7H2,1-2H3,(H,11,13)/t8-,9-/m1/s1. The molecule has 2 N–H and O–H groups in total. The molecule has 0 aromatic heterocycles. The number of piperidine rings is 1. The molecule has 1 amide bonds. The van der Waals surface area contributed by atoms with Gasteiger partial charge in [0.2, 0.25) is 5.91 Å². The molecule has 1 heterocycles. The van der Waals surface area contributed by atoms with Gasteiger partial charge in [0, 0.05) is 19.7 Å². The van der Waals surface area contributed by atoms with E-state index in [1.54, 1.807) is 7.11 Å². The molecule has 1 rings (SSSR count). The number of amides is 1. The van der Waals surface area contributed by atoms with Crippen LogP contribution in [-0.2, 0) is 9.53 Å². The quantitative estimate of drug-likeness (QED) is 0.641. The van der Waals surface area contributed by atoms with Gasteiger partial charge in [-0.25, -0.2) is 0 Å². The molecule has 1 fully saturated rings. The van der Waals surface area contributed by atoms with Crippen molar-refractivity contribution in [1.82, 2.24) is 10.6 Å². The van der Waals surface area contributed by atoms with E-state index in [1.807, 2.05) is 0 Å². The molecule has 0 radical (unpaired) electrons. The average Bonchev–Trinajstić information content (AvgIpc) is 2.18. The zero-order valence-corrected chi connectivity index (χ0v) is 9.01. The van der Waals surface area contributed by atoms with E-state index in [2.05, 4.69) is 17.6 Å². The Hall–Kier alpha value is -0.610. The number of rotatable bonds is 4. The zero-order chi connectivity index (χ0) is 10.4. The van der Waals surface area contributed by atoms with Gasteiger partial charge in [0.1, 0.15) is 0 Å². The third-order valence-electron chi connectivity index (χ3n) is 2.54. The van der Waals surface area contributed by atoms with E-state index in [9.17, 15) is 4.79 Å². The summed E-state index contributed by atoms with van der Waals surface area (Å²) < 4.78 is 4.87. The van der Waals surface area contributed by atoms with E-state index in [4.69, 9.17) is 4.74 Å². The van der Waals surface area contributed by atoms with Crippen LogP contribution in [-0.4, -0.2) is 38.3 Å². The van der Waals surface area contributed by atoms with Crippen LogP contribution in [0.3, 0.4) is 0 Å². The molecule has 2 atom stereocenters. The maximum absolute atomic E-state index is 11.6. The van der Waals surface area contributed by atoms with Crippen molar-refractivity contribution >= 4 is 5.91 Å². The number of nitrogens with one attached hydrogen (secondary N) is 2. The minimum atomic E-state index is -0.00407. The highest BCUT2D eigenvalue weighted by Crippen LogP contribution is 2.11. The van der Waals surface area contributed by atoms with Gasteiger partial charge in [-0.3, -0.25) is 4.79 Å². The second-order valence-electron chi connectivity index (χ2n) is 3.84. The Balaban J connectivity index is 2.22. The van der Waals surface area contributed by atoms with Crippen LogP contribution in [0.4, 0.5) is 0 Å². The van der Waals surface area contributed by atoms with Gasteiger partial charge in [-0.05, 0) is 26.2 Å². The van der Waals surface area contributed by atoms with Gasteiger partial charge in [0.15, 0.2) is 0 Å². The van der Waals surface area contributed by atoms with E-state index in [1.165, 1.54) is 6.42 Å². The zero-order valence-electron chi connectivity index (χ0n) is 9.01. The smallest absolute Gasteiger partial charge is 0.237 e. The third-order valence-corrected chi connectivity index (χ3v) is 2.54. The van der Waals surface area contributed by atoms with E-state index in [0.29, 0.717) is 19.2 Å². The maximum atomic E-state index is 11.6. The summed E-state index contributed by atoms with van der Waals surface area (Å²) in [6, 6.07) is 0.456. The molecule has 1 aliphatic heterocycles. The van der Waals surface area contributed by atoms with Crippen LogP contribution in [0.15, 0.2) is 0 Å². The molecule has 4 nitrogen and oxygen atoms in total. The lowest BCUT2D eigenvalue weighted by Gasteiger charge is -2.27. The van der Waals surface area contributed by atoms with Crippen molar-refractivity contribution in [2.75, 3.05) is 20.3 Å². The van der Waals surface area contributed by atoms with E-state index >= 15 is 0 Å². The summed E-state index contributed by atoms with van der Waals surface area (Å²) in [5.41, 5.74) is 0. The van der Waals surface area contributed by atoms with Gasteiger partial charge in [-0.15, -0.1) is 0 Å². The van der Waals surface area contributed by atoms with Gasteiger partial charge in [-0.1, -0.05) is 0 Å². The lowest BCUT2D eigenvalue weighted by atomic mass is 9.99. The lowest BCUT2D eigenvalue weighted by Crippen LogP contribution is -2.50. The number of methoxy groups -OCH3 is 1. The van der Waals surface area contributed by atoms with Crippen molar-refractivity contribution in [3.63, 3.8) is 0 Å². The van der Waals surface area contributed by atoms with Crippen LogP contribution >= 0.6 is 0 Å². The fourth-order valence-corrected chi connectivity index (χ4v) is 1.74. The molecule has 0 saturated carbocycles. The number of hydrogen-bond donors (Lipinski definition) is 2. The van der Waals surface area contributed by atoms with Crippen LogP contribution in [0.25, 0.3) is 0 Å². The third kappa shape index (κ3) is 3.64. The summed E-state index contributed by atoms with van der Waals surface area (Å²) in [6.07, 6.45) is 3.25. The summed E-state index contributed by atoms with van der Waals surface area (Å²) in [4.78, 5) is 11.6. The van der Waals surface area contributed by atoms with Crippen molar-refractivity contribution in [3.8, 4) is 0 Å². The second-order valence-corrected chi connectivity index (χ2v) is 3.84. The molecule has 82 valence electrons. The van der Waals surface area contributed by atoms with Crippen LogP contribution < -0.4 is 10.6 Å². The van der Waals surface area contributed by atoms with Crippen molar-refractivity contribution in [1.29, 1.82) is 0 Å². The molecule has 0 aromatic rings. The number of carbonyl (C=O) groups is 1. The highest BCUT2D eigenvalue weighted by atomic mass is 16.5. The first-order valence-corrected chi connectivity index (χ1v) is 5.26. The predicted octanol–water partition coefficient (Wildman–Crippen LogP) is 0.280. The van der Waals surface area contributed by atoms with Gasteiger partial charge >= 0.3 is 0 Å². The lowest BCUT2D eigenvalue weighted by molar-refractivity contribution is -0.124. The fraction of sp³-hybridized carbons (Fsp3) is 0.900. The van der Waals surface area contributed by atoms with Gasteiger partial charge < -0.3 is 15.4 Å². The molecule has 0 spiro atoms. The van der Waals surface area contributed by atoms with E-state index in [-0.39, 0.29) is 11.9 Å². The Morgan fingerprint density at radius 2 is 2.36 bits per heavy atom. The van der Waals surface area contributed by atoms with Crippen LogP contribution in [0, 0.1) is 0 Å². The molecular weight excluding hydrogens is 180 g/mol. The largest absolute Gasteiger partial charge is 0.383 e. The van der Waals surface area contributed by atoms with E-state index in [0.717, 1.165) is 12.8 Å². The predicted molar refractivity (Wildman–Crippen MR) is 55.1 cm³/mol. The number of carbonyl (C=O) groups excluding carboxylic acids is 1. The second kappa shape index (κ2) is 5.98. The van der Waals surface area contributed by atoms with Crippen molar-refractivity contribution in [2.45, 2.75) is 38.3 Å². The first-order chi connectivity index (χ1) is 6.74. The summed E-state index contributed by atoms with van der Waals surface area (Å²) in [5, 5.41) is 6.14. The topological polar surface area (TPSA) is 50.4 Å². The monoisotopic (exact) mass is 200 g/mol. The summed E-state index contributed by atoms with van der Waals surface area (Å²) in [5.74, 6) is 0.105. The van der Waals surface area contributed by atoms with Gasteiger partial charge in [-0.2, -0.15) is 0 Å². The maximum Gasteiger partial charge on any atom is 0.237 e. The number of hydrogen-bond acceptors (Lipinski definition) is 3. The first-order valence-electron chi connectivity index (χ1n) is 5.26. The van der Waals surface area contributed by atoms with Crippen molar-refractivity contribution in [2.24, 2.45) is 0 Å². The Labute approximate surface area is 85.4 Å². The molecule has 4 heteroatoms. The highest BCUT2D eigenvalue weighted by Gasteiger charge is 2.23. The van der Waals surface area contributed by atoms with Crippen LogP contribution in [0.1, 0.15) is 26.2 Å². The summed E-state index contributed by atoms with van der Waals surface area (Å²) in [6.45, 7) is 3.30. The van der Waals surface area contributed by atoms with Crippen LogP contribution in [0.2, 0.25) is 0 Å². The minimum absolute atomic E-state index is 0.00407. The van der Waals surface area contributed by atoms with Gasteiger partial charge in [0.05, 0.1) is 12.6 Å². The van der Waals surface area contributed by atoms with Crippen molar-refractivity contribution in [3.05, 3.63) is 0 Å². The molecule has 0 unspecified atom stereocenters. The molecule has 0 bridgehead atoms. The molecular formula is C10H20N2O2. The highest BCUT2D eigenvalue weighted by molar-refractivity contribution is 5.81. The Morgan fingerprint density at radius 3 is 3.00 bits per heavy atom. The Bertz CT molecular complexity index is 185. The normalized spacial score (nSPS) is 27.3. The molecule has 0 aromatic carbocycles. The van der Waals surface area contributed by atoms with E-state index < -0.39 is 0 Å². The minimum Gasteiger partial charge on any atom is -0.383 e. The molecule has 14 heavy (non-hydrogen) atoms. The summed E-state index contributed by atoms with van der Waals surface area (Å²) in [7, 11) is 1.63. The summed E-state index contributed by atoms with van der Waals surface area (Å²) >= 11 is 0. The first kappa shape index (κ1) is 11.5. The SMILES string of the molecule is COCCNC(=O)[C@H]1CCC[C@@H](C)N1. The molecule has 1 saturated heterocycles. The molecule has 1 aliphatic rings.